The molecule has 6 nitrogen and oxygen atoms in total. The number of ether oxygens (including phenoxy) is 2. The van der Waals surface area contributed by atoms with Crippen LogP contribution in [0.1, 0.15) is 5.56 Å². The average molecular weight is 280 g/mol. The van der Waals surface area contributed by atoms with Gasteiger partial charge in [-0.15, -0.1) is 10.2 Å². The largest absolute Gasteiger partial charge is 0.493 e. The van der Waals surface area contributed by atoms with E-state index in [9.17, 15) is 0 Å². The molecule has 2 rings (SSSR count). The van der Waals surface area contributed by atoms with E-state index in [-0.39, 0.29) is 0 Å². The molecular weight excluding hydrogens is 264 g/mol. The predicted molar refractivity (Wildman–Crippen MR) is 74.5 cm³/mol. The smallest absolute Gasteiger partial charge is 0.222 e. The summed E-state index contributed by atoms with van der Waals surface area (Å²) >= 11 is 1.57. The number of anilines is 1. The summed E-state index contributed by atoms with van der Waals surface area (Å²) in [7, 11) is 5.08. The van der Waals surface area contributed by atoms with E-state index in [1.54, 1.807) is 30.5 Å². The third-order valence-corrected chi connectivity index (χ3v) is 3.78. The number of thioether (sulfide) groups is 1. The lowest BCUT2D eigenvalue weighted by Crippen LogP contribution is -1.98. The Morgan fingerprint density at radius 3 is 2.53 bits per heavy atom. The second-order valence-electron chi connectivity index (χ2n) is 3.88. The summed E-state index contributed by atoms with van der Waals surface area (Å²) in [6.45, 7) is 0. The Labute approximate surface area is 115 Å². The highest BCUT2D eigenvalue weighted by Crippen LogP contribution is 2.30. The second kappa shape index (κ2) is 5.83. The van der Waals surface area contributed by atoms with Crippen LogP contribution >= 0.6 is 11.8 Å². The van der Waals surface area contributed by atoms with E-state index in [1.807, 2.05) is 25.2 Å². The molecule has 0 saturated heterocycles. The van der Waals surface area contributed by atoms with Gasteiger partial charge in [0.2, 0.25) is 5.95 Å². The van der Waals surface area contributed by atoms with Crippen molar-refractivity contribution in [2.75, 3.05) is 20.0 Å². The molecule has 0 aliphatic heterocycles. The zero-order valence-electron chi connectivity index (χ0n) is 11.1. The number of nitrogens with zero attached hydrogens (tertiary/aromatic N) is 3. The highest BCUT2D eigenvalue weighted by Gasteiger charge is 2.08. The second-order valence-corrected chi connectivity index (χ2v) is 4.82. The van der Waals surface area contributed by atoms with Gasteiger partial charge in [-0.05, 0) is 17.7 Å². The molecular formula is C12H16N4O2S. The molecule has 0 aliphatic rings. The number of hydrogen-bond donors (Lipinski definition) is 1. The van der Waals surface area contributed by atoms with Crippen molar-refractivity contribution in [3.63, 3.8) is 0 Å². The summed E-state index contributed by atoms with van der Waals surface area (Å²) < 4.78 is 12.2. The Kier molecular flexibility index (Phi) is 4.16. The van der Waals surface area contributed by atoms with Crippen LogP contribution in [0.3, 0.4) is 0 Å². The summed E-state index contributed by atoms with van der Waals surface area (Å²) in [6.07, 6.45) is 0. The van der Waals surface area contributed by atoms with Crippen molar-refractivity contribution in [3.8, 4) is 11.5 Å². The SMILES string of the molecule is COc1ccc(CSc2nnc(N)n2C)cc1OC. The quantitative estimate of drug-likeness (QED) is 0.840. The molecule has 0 atom stereocenters. The standard InChI is InChI=1S/C12H16N4O2S/c1-16-11(13)14-15-12(16)19-7-8-4-5-9(17-2)10(6-8)18-3/h4-6H,7H2,1-3H3,(H2,13,14). The molecule has 1 aromatic heterocycles. The Hall–Kier alpha value is -1.89. The molecule has 2 N–H and O–H groups in total. The first kappa shape index (κ1) is 13.5. The lowest BCUT2D eigenvalue weighted by molar-refractivity contribution is 0.354. The van der Waals surface area contributed by atoms with Crippen molar-refractivity contribution in [1.82, 2.24) is 14.8 Å². The maximum absolute atomic E-state index is 5.63. The van der Waals surface area contributed by atoms with Gasteiger partial charge in [-0.2, -0.15) is 0 Å². The lowest BCUT2D eigenvalue weighted by atomic mass is 10.2. The predicted octanol–water partition coefficient (Wildman–Crippen LogP) is 1.71. The molecule has 0 radical (unpaired) electrons. The van der Waals surface area contributed by atoms with Gasteiger partial charge in [-0.25, -0.2) is 0 Å². The molecule has 102 valence electrons. The van der Waals surface area contributed by atoms with E-state index in [0.29, 0.717) is 5.95 Å². The minimum atomic E-state index is 0.412. The average Bonchev–Trinajstić information content (AvgIpc) is 2.76. The molecule has 0 aliphatic carbocycles. The normalized spacial score (nSPS) is 10.5. The molecule has 7 heteroatoms. The number of hydrogen-bond acceptors (Lipinski definition) is 6. The number of methoxy groups -OCH3 is 2. The molecule has 0 fully saturated rings. The van der Waals surface area contributed by atoms with E-state index >= 15 is 0 Å². The van der Waals surface area contributed by atoms with Crippen LogP contribution in [0.25, 0.3) is 0 Å². The van der Waals surface area contributed by atoms with Crippen LogP contribution in [-0.4, -0.2) is 29.0 Å². The fourth-order valence-electron chi connectivity index (χ4n) is 1.57. The zero-order valence-corrected chi connectivity index (χ0v) is 11.9. The van der Waals surface area contributed by atoms with Gasteiger partial charge >= 0.3 is 0 Å². The maximum Gasteiger partial charge on any atom is 0.222 e. The first-order valence-corrected chi connectivity index (χ1v) is 6.63. The van der Waals surface area contributed by atoms with Gasteiger partial charge in [0.25, 0.3) is 0 Å². The highest BCUT2D eigenvalue weighted by atomic mass is 32.2. The summed E-state index contributed by atoms with van der Waals surface area (Å²) in [5.41, 5.74) is 6.75. The number of benzene rings is 1. The molecule has 1 heterocycles. The van der Waals surface area contributed by atoms with E-state index in [2.05, 4.69) is 10.2 Å². The van der Waals surface area contributed by atoms with Gasteiger partial charge < -0.3 is 15.2 Å². The van der Waals surface area contributed by atoms with Crippen molar-refractivity contribution >= 4 is 17.7 Å². The summed E-state index contributed by atoms with van der Waals surface area (Å²) in [5.74, 6) is 2.61. The first-order chi connectivity index (χ1) is 9.15. The summed E-state index contributed by atoms with van der Waals surface area (Å²) in [5, 5.41) is 8.60. The molecule has 0 amide bonds. The Morgan fingerprint density at radius 2 is 1.95 bits per heavy atom. The number of aromatic nitrogens is 3. The van der Waals surface area contributed by atoms with Gasteiger partial charge in [-0.3, -0.25) is 4.57 Å². The molecule has 0 unspecified atom stereocenters. The van der Waals surface area contributed by atoms with Crippen LogP contribution in [-0.2, 0) is 12.8 Å². The van der Waals surface area contributed by atoms with Crippen molar-refractivity contribution in [1.29, 1.82) is 0 Å². The lowest BCUT2D eigenvalue weighted by Gasteiger charge is -2.09. The summed E-state index contributed by atoms with van der Waals surface area (Å²) in [4.78, 5) is 0. The Bertz CT molecular complexity index is 571. The highest BCUT2D eigenvalue weighted by molar-refractivity contribution is 7.98. The number of nitrogens with two attached hydrogens (primary N) is 1. The fraction of sp³-hybridized carbons (Fsp3) is 0.333. The van der Waals surface area contributed by atoms with Gasteiger partial charge in [0.1, 0.15) is 0 Å². The van der Waals surface area contributed by atoms with Crippen LogP contribution in [0.4, 0.5) is 5.95 Å². The van der Waals surface area contributed by atoms with Crippen LogP contribution < -0.4 is 15.2 Å². The molecule has 0 saturated carbocycles. The molecule has 1 aromatic carbocycles. The van der Waals surface area contributed by atoms with Gasteiger partial charge in [-0.1, -0.05) is 17.8 Å². The van der Waals surface area contributed by atoms with E-state index in [1.165, 1.54) is 0 Å². The topological polar surface area (TPSA) is 75.2 Å². The van der Waals surface area contributed by atoms with Crippen molar-refractivity contribution < 1.29 is 9.47 Å². The van der Waals surface area contributed by atoms with Crippen LogP contribution in [0.5, 0.6) is 11.5 Å². The Balaban J connectivity index is 2.09. The summed E-state index contributed by atoms with van der Waals surface area (Å²) in [6, 6.07) is 5.83. The van der Waals surface area contributed by atoms with Gasteiger partial charge in [0.15, 0.2) is 16.7 Å². The van der Waals surface area contributed by atoms with E-state index < -0.39 is 0 Å². The molecule has 0 spiro atoms. The number of rotatable bonds is 5. The van der Waals surface area contributed by atoms with Crippen LogP contribution in [0.15, 0.2) is 23.4 Å². The van der Waals surface area contributed by atoms with E-state index in [4.69, 9.17) is 15.2 Å². The third-order valence-electron chi connectivity index (χ3n) is 2.68. The minimum absolute atomic E-state index is 0.412. The first-order valence-electron chi connectivity index (χ1n) is 5.64. The monoisotopic (exact) mass is 280 g/mol. The number of nitrogen functional groups attached to an aromatic ring is 1. The molecule has 2 aromatic rings. The van der Waals surface area contributed by atoms with Gasteiger partial charge in [0.05, 0.1) is 14.2 Å². The van der Waals surface area contributed by atoms with Crippen LogP contribution in [0.2, 0.25) is 0 Å². The van der Waals surface area contributed by atoms with Crippen molar-refractivity contribution in [2.24, 2.45) is 7.05 Å². The third kappa shape index (κ3) is 2.93. The van der Waals surface area contributed by atoms with Crippen molar-refractivity contribution in [3.05, 3.63) is 23.8 Å². The molecule has 0 bridgehead atoms. The minimum Gasteiger partial charge on any atom is -0.493 e. The Morgan fingerprint density at radius 1 is 1.21 bits per heavy atom. The molecule has 19 heavy (non-hydrogen) atoms. The van der Waals surface area contributed by atoms with Crippen LogP contribution in [0, 0.1) is 0 Å². The zero-order chi connectivity index (χ0) is 13.8. The van der Waals surface area contributed by atoms with E-state index in [0.717, 1.165) is 28.0 Å². The fourth-order valence-corrected chi connectivity index (χ4v) is 2.43. The van der Waals surface area contributed by atoms with Crippen molar-refractivity contribution in [2.45, 2.75) is 10.9 Å². The maximum atomic E-state index is 5.63. The van der Waals surface area contributed by atoms with Gasteiger partial charge in [0, 0.05) is 12.8 Å².